The van der Waals surface area contributed by atoms with E-state index in [1.165, 1.54) is 0 Å². The molecule has 0 aliphatic rings. The number of H-pyrrole nitrogens is 1. The fraction of sp³-hybridized carbons (Fsp3) is 0. The zero-order valence-electron chi connectivity index (χ0n) is 13.7. The Balaban J connectivity index is 1.60. The van der Waals surface area contributed by atoms with Crippen LogP contribution in [0.5, 0.6) is 11.5 Å². The first-order valence-electron chi connectivity index (χ1n) is 8.11. The van der Waals surface area contributed by atoms with E-state index < -0.39 is 0 Å². The van der Waals surface area contributed by atoms with Crippen molar-refractivity contribution in [1.82, 2.24) is 4.98 Å². The molecule has 0 aliphatic heterocycles. The average molecular weight is 363 g/mol. The van der Waals surface area contributed by atoms with Crippen LogP contribution in [0.1, 0.15) is 10.5 Å². The number of hydrogen-bond donors (Lipinski definition) is 2. The van der Waals surface area contributed by atoms with Gasteiger partial charge < -0.3 is 15.0 Å². The Morgan fingerprint density at radius 3 is 2.50 bits per heavy atom. The van der Waals surface area contributed by atoms with Crippen LogP contribution in [0.2, 0.25) is 5.02 Å². The molecule has 0 fully saturated rings. The number of anilines is 1. The van der Waals surface area contributed by atoms with Gasteiger partial charge in [0.15, 0.2) is 5.75 Å². The molecule has 5 heteroatoms. The second-order valence-electron chi connectivity index (χ2n) is 5.75. The first-order valence-corrected chi connectivity index (χ1v) is 8.49. The van der Waals surface area contributed by atoms with Crippen LogP contribution < -0.4 is 10.1 Å². The molecule has 1 heterocycles. The van der Waals surface area contributed by atoms with Crippen molar-refractivity contribution >= 4 is 34.1 Å². The van der Waals surface area contributed by atoms with E-state index in [-0.39, 0.29) is 5.91 Å². The summed E-state index contributed by atoms with van der Waals surface area (Å²) in [6, 6.07) is 24.0. The number of para-hydroxylation sites is 4. The van der Waals surface area contributed by atoms with Crippen molar-refractivity contribution in [3.63, 3.8) is 0 Å². The topological polar surface area (TPSA) is 54.1 Å². The van der Waals surface area contributed by atoms with E-state index in [4.69, 9.17) is 16.3 Å². The Labute approximate surface area is 155 Å². The second-order valence-corrected chi connectivity index (χ2v) is 6.16. The van der Waals surface area contributed by atoms with E-state index in [0.717, 1.165) is 10.9 Å². The number of hydrogen-bond acceptors (Lipinski definition) is 2. The molecule has 1 aromatic heterocycles. The summed E-state index contributed by atoms with van der Waals surface area (Å²) in [7, 11) is 0. The van der Waals surface area contributed by atoms with Gasteiger partial charge in [-0.05, 0) is 36.4 Å². The first-order chi connectivity index (χ1) is 12.7. The molecule has 0 saturated carbocycles. The SMILES string of the molecule is O=C(Nc1ccccc1Oc1ccccc1)c1cc2cccc(Cl)c2[nH]1. The minimum absolute atomic E-state index is 0.263. The summed E-state index contributed by atoms with van der Waals surface area (Å²) in [4.78, 5) is 15.7. The molecule has 1 amide bonds. The normalized spacial score (nSPS) is 10.7. The maximum Gasteiger partial charge on any atom is 0.272 e. The largest absolute Gasteiger partial charge is 0.455 e. The first kappa shape index (κ1) is 16.2. The maximum atomic E-state index is 12.7. The molecule has 26 heavy (non-hydrogen) atoms. The Morgan fingerprint density at radius 2 is 1.69 bits per heavy atom. The monoisotopic (exact) mass is 362 g/mol. The minimum atomic E-state index is -0.263. The quantitative estimate of drug-likeness (QED) is 0.477. The molecule has 0 saturated heterocycles. The molecule has 0 bridgehead atoms. The summed E-state index contributed by atoms with van der Waals surface area (Å²) in [6.45, 7) is 0. The zero-order chi connectivity index (χ0) is 17.9. The predicted molar refractivity (Wildman–Crippen MR) is 104 cm³/mol. The van der Waals surface area contributed by atoms with Crippen LogP contribution in [0.15, 0.2) is 78.9 Å². The van der Waals surface area contributed by atoms with E-state index in [1.54, 1.807) is 18.2 Å². The maximum absolute atomic E-state index is 12.7. The fourth-order valence-corrected chi connectivity index (χ4v) is 2.93. The number of rotatable bonds is 4. The second kappa shape index (κ2) is 6.94. The number of nitrogens with one attached hydrogen (secondary N) is 2. The smallest absolute Gasteiger partial charge is 0.272 e. The molecule has 4 rings (SSSR count). The summed E-state index contributed by atoms with van der Waals surface area (Å²) in [5, 5.41) is 4.35. The summed E-state index contributed by atoms with van der Waals surface area (Å²) in [5.41, 5.74) is 1.77. The summed E-state index contributed by atoms with van der Waals surface area (Å²) < 4.78 is 5.88. The van der Waals surface area contributed by atoms with Crippen LogP contribution in [0.25, 0.3) is 10.9 Å². The molecular formula is C21H15ClN2O2. The number of ether oxygens (including phenoxy) is 1. The standard InChI is InChI=1S/C21H15ClN2O2/c22-16-10-6-7-14-13-18(23-20(14)16)21(25)24-17-11-4-5-12-19(17)26-15-8-2-1-3-9-15/h1-13,23H,(H,24,25). The molecule has 4 aromatic rings. The number of aromatic nitrogens is 1. The van der Waals surface area contributed by atoms with E-state index >= 15 is 0 Å². The number of carbonyl (C=O) groups excluding carboxylic acids is 1. The van der Waals surface area contributed by atoms with E-state index in [9.17, 15) is 4.79 Å². The van der Waals surface area contributed by atoms with Crippen molar-refractivity contribution in [2.45, 2.75) is 0 Å². The van der Waals surface area contributed by atoms with Crippen LogP contribution in [0.4, 0.5) is 5.69 Å². The van der Waals surface area contributed by atoms with E-state index in [2.05, 4.69) is 10.3 Å². The fourth-order valence-electron chi connectivity index (χ4n) is 2.71. The van der Waals surface area contributed by atoms with E-state index in [0.29, 0.717) is 27.9 Å². The Kier molecular flexibility index (Phi) is 4.33. The average Bonchev–Trinajstić information content (AvgIpc) is 3.10. The van der Waals surface area contributed by atoms with Crippen LogP contribution in [0.3, 0.4) is 0 Å². The van der Waals surface area contributed by atoms with Crippen molar-refractivity contribution in [2.75, 3.05) is 5.32 Å². The summed E-state index contributed by atoms with van der Waals surface area (Å²) in [6.07, 6.45) is 0. The van der Waals surface area contributed by atoms with Crippen LogP contribution in [0, 0.1) is 0 Å². The third-order valence-electron chi connectivity index (χ3n) is 3.96. The Hall–Kier alpha value is -3.24. The zero-order valence-corrected chi connectivity index (χ0v) is 14.5. The van der Waals surface area contributed by atoms with Crippen molar-refractivity contribution in [2.24, 2.45) is 0 Å². The van der Waals surface area contributed by atoms with Crippen molar-refractivity contribution in [1.29, 1.82) is 0 Å². The summed E-state index contributed by atoms with van der Waals surface area (Å²) >= 11 is 6.17. The molecular weight excluding hydrogens is 348 g/mol. The molecule has 128 valence electrons. The Bertz CT molecular complexity index is 1070. The summed E-state index contributed by atoms with van der Waals surface area (Å²) in [5.74, 6) is 1.01. The highest BCUT2D eigenvalue weighted by atomic mass is 35.5. The number of halogens is 1. The van der Waals surface area contributed by atoms with Gasteiger partial charge in [0.05, 0.1) is 16.2 Å². The number of fused-ring (bicyclic) bond motifs is 1. The highest BCUT2D eigenvalue weighted by molar-refractivity contribution is 6.35. The molecule has 0 radical (unpaired) electrons. The molecule has 0 atom stereocenters. The predicted octanol–water partition coefficient (Wildman–Crippen LogP) is 5.87. The van der Waals surface area contributed by atoms with Crippen molar-refractivity contribution in [3.05, 3.63) is 89.6 Å². The molecule has 4 nitrogen and oxygen atoms in total. The number of carbonyl (C=O) groups is 1. The van der Waals surface area contributed by atoms with Gasteiger partial charge in [-0.3, -0.25) is 4.79 Å². The van der Waals surface area contributed by atoms with Crippen LogP contribution in [-0.2, 0) is 0 Å². The van der Waals surface area contributed by atoms with Gasteiger partial charge >= 0.3 is 0 Å². The van der Waals surface area contributed by atoms with Crippen molar-refractivity contribution < 1.29 is 9.53 Å². The third-order valence-corrected chi connectivity index (χ3v) is 4.27. The van der Waals surface area contributed by atoms with Gasteiger partial charge in [0, 0.05) is 5.39 Å². The number of amides is 1. The lowest BCUT2D eigenvalue weighted by atomic mass is 10.2. The third kappa shape index (κ3) is 3.27. The van der Waals surface area contributed by atoms with Gasteiger partial charge in [0.2, 0.25) is 0 Å². The van der Waals surface area contributed by atoms with Crippen LogP contribution in [-0.4, -0.2) is 10.9 Å². The van der Waals surface area contributed by atoms with Gasteiger partial charge in [-0.1, -0.05) is 54.1 Å². The molecule has 3 aromatic carbocycles. The highest BCUT2D eigenvalue weighted by Gasteiger charge is 2.13. The number of aromatic amines is 1. The molecule has 0 unspecified atom stereocenters. The highest BCUT2D eigenvalue weighted by Crippen LogP contribution is 2.30. The number of benzene rings is 3. The Morgan fingerprint density at radius 1 is 0.923 bits per heavy atom. The van der Waals surface area contributed by atoms with E-state index in [1.807, 2.05) is 60.7 Å². The van der Waals surface area contributed by atoms with Gasteiger partial charge in [-0.2, -0.15) is 0 Å². The van der Waals surface area contributed by atoms with Gasteiger partial charge in [-0.15, -0.1) is 0 Å². The molecule has 0 spiro atoms. The lowest BCUT2D eigenvalue weighted by Crippen LogP contribution is -2.12. The molecule has 2 N–H and O–H groups in total. The van der Waals surface area contributed by atoms with Gasteiger partial charge in [0.1, 0.15) is 11.4 Å². The van der Waals surface area contributed by atoms with Gasteiger partial charge in [-0.25, -0.2) is 0 Å². The van der Waals surface area contributed by atoms with Crippen molar-refractivity contribution in [3.8, 4) is 11.5 Å². The lowest BCUT2D eigenvalue weighted by molar-refractivity contribution is 0.102. The van der Waals surface area contributed by atoms with Gasteiger partial charge in [0.25, 0.3) is 5.91 Å². The minimum Gasteiger partial charge on any atom is -0.455 e. The molecule has 0 aliphatic carbocycles. The lowest BCUT2D eigenvalue weighted by Gasteiger charge is -2.11. The van der Waals surface area contributed by atoms with Crippen LogP contribution >= 0.6 is 11.6 Å².